The molecule has 10 nitrogen and oxygen atoms in total. The Kier molecular flexibility index (Phi) is 5.43. The molecule has 0 fully saturated rings. The maximum Gasteiger partial charge on any atom is 0.250 e. The number of aryl methyl sites for hydroxylation is 2. The van der Waals surface area contributed by atoms with E-state index in [-0.39, 0.29) is 11.5 Å². The van der Waals surface area contributed by atoms with E-state index in [1.54, 1.807) is 37.5 Å². The number of aromatic nitrogens is 6. The van der Waals surface area contributed by atoms with E-state index >= 15 is 0 Å². The van der Waals surface area contributed by atoms with E-state index in [1.165, 1.54) is 15.1 Å². The van der Waals surface area contributed by atoms with Crippen LogP contribution >= 0.6 is 0 Å². The number of hydrogen-bond donors (Lipinski definition) is 2. The van der Waals surface area contributed by atoms with Crippen LogP contribution in [0.4, 0.5) is 11.9 Å². The second-order valence-electron chi connectivity index (χ2n) is 8.01. The predicted molar refractivity (Wildman–Crippen MR) is 132 cm³/mol. The molecule has 0 amide bonds. The lowest BCUT2D eigenvalue weighted by Gasteiger charge is -2.13. The largest absolute Gasteiger partial charge is 0.368 e. The van der Waals surface area contributed by atoms with Crippen LogP contribution in [0, 0.1) is 18.3 Å². The first-order valence-corrected chi connectivity index (χ1v) is 10.8. The lowest BCUT2D eigenvalue weighted by Crippen LogP contribution is -2.14. The molecule has 1 aromatic carbocycles. The molecule has 35 heavy (non-hydrogen) atoms. The van der Waals surface area contributed by atoms with Gasteiger partial charge in [-0.15, -0.1) is 5.10 Å². The normalized spacial score (nSPS) is 10.9. The van der Waals surface area contributed by atoms with Crippen LogP contribution in [0.1, 0.15) is 17.0 Å². The second kappa shape index (κ2) is 8.72. The van der Waals surface area contributed by atoms with Crippen molar-refractivity contribution in [2.75, 3.05) is 11.1 Å². The standard InChI is InChI=1S/C25H21N9O/c1-15-6-5-8-18(29-15)13-28-25-31-23-21(17-10-11-20(35)33(2)14-17)22(30-24(27)34(23)32-25)19-9-4-3-7-16(19)12-26/h3-11,14H,13H2,1-2H3,(H2,27,30)(H,28,32). The maximum atomic E-state index is 12.1. The predicted octanol–water partition coefficient (Wildman–Crippen LogP) is 2.93. The van der Waals surface area contributed by atoms with E-state index in [4.69, 9.17) is 10.7 Å². The smallest absolute Gasteiger partial charge is 0.250 e. The summed E-state index contributed by atoms with van der Waals surface area (Å²) in [6, 6.07) is 18.3. The summed E-state index contributed by atoms with van der Waals surface area (Å²) in [4.78, 5) is 25.9. The second-order valence-corrected chi connectivity index (χ2v) is 8.01. The number of nitrogen functional groups attached to an aromatic ring is 1. The quantitative estimate of drug-likeness (QED) is 0.405. The summed E-state index contributed by atoms with van der Waals surface area (Å²) in [5.74, 6) is 0.462. The van der Waals surface area contributed by atoms with Gasteiger partial charge in [-0.3, -0.25) is 9.78 Å². The zero-order valence-electron chi connectivity index (χ0n) is 19.1. The van der Waals surface area contributed by atoms with E-state index in [0.717, 1.165) is 11.4 Å². The van der Waals surface area contributed by atoms with Gasteiger partial charge in [-0.1, -0.05) is 24.3 Å². The summed E-state index contributed by atoms with van der Waals surface area (Å²) in [5, 5.41) is 17.4. The van der Waals surface area contributed by atoms with Gasteiger partial charge in [0.05, 0.1) is 35.1 Å². The Bertz CT molecular complexity index is 1680. The van der Waals surface area contributed by atoms with Gasteiger partial charge in [-0.2, -0.15) is 14.8 Å². The Morgan fingerprint density at radius 1 is 1.06 bits per heavy atom. The number of pyridine rings is 2. The van der Waals surface area contributed by atoms with E-state index in [9.17, 15) is 10.1 Å². The molecule has 0 unspecified atom stereocenters. The summed E-state index contributed by atoms with van der Waals surface area (Å²) < 4.78 is 2.92. The number of nitrogens with one attached hydrogen (secondary N) is 1. The van der Waals surface area contributed by atoms with Crippen LogP contribution in [0.25, 0.3) is 28.0 Å². The van der Waals surface area contributed by atoms with Crippen molar-refractivity contribution in [2.45, 2.75) is 13.5 Å². The summed E-state index contributed by atoms with van der Waals surface area (Å²) in [6.45, 7) is 2.35. The topological polar surface area (TPSA) is 140 Å². The van der Waals surface area contributed by atoms with Gasteiger partial charge in [-0.05, 0) is 31.2 Å². The molecular formula is C25H21N9O. The molecule has 3 N–H and O–H groups in total. The molecule has 0 aliphatic rings. The van der Waals surface area contributed by atoms with E-state index in [0.29, 0.717) is 46.1 Å². The van der Waals surface area contributed by atoms with Gasteiger partial charge in [0.15, 0.2) is 5.65 Å². The van der Waals surface area contributed by atoms with Crippen molar-refractivity contribution in [1.82, 2.24) is 29.1 Å². The summed E-state index contributed by atoms with van der Waals surface area (Å²) in [6.07, 6.45) is 1.70. The molecule has 0 saturated heterocycles. The van der Waals surface area contributed by atoms with Crippen LogP contribution in [0.2, 0.25) is 0 Å². The number of rotatable bonds is 5. The molecule has 0 aliphatic heterocycles. The van der Waals surface area contributed by atoms with Crippen LogP contribution in [0.3, 0.4) is 0 Å². The van der Waals surface area contributed by atoms with Gasteiger partial charge < -0.3 is 15.6 Å². The Morgan fingerprint density at radius 3 is 2.66 bits per heavy atom. The molecule has 4 aromatic heterocycles. The Morgan fingerprint density at radius 2 is 1.89 bits per heavy atom. The number of nitriles is 1. The number of nitrogens with two attached hydrogens (primary N) is 1. The molecule has 10 heteroatoms. The maximum absolute atomic E-state index is 12.1. The highest BCUT2D eigenvalue weighted by atomic mass is 16.1. The third-order valence-corrected chi connectivity index (χ3v) is 5.56. The van der Waals surface area contributed by atoms with E-state index in [2.05, 4.69) is 26.5 Å². The lowest BCUT2D eigenvalue weighted by atomic mass is 9.98. The molecule has 0 atom stereocenters. The lowest BCUT2D eigenvalue weighted by molar-refractivity contribution is 0.861. The molecular weight excluding hydrogens is 442 g/mol. The van der Waals surface area contributed by atoms with Gasteiger partial charge in [0.1, 0.15) is 0 Å². The first-order valence-electron chi connectivity index (χ1n) is 10.8. The van der Waals surface area contributed by atoms with Crippen molar-refractivity contribution in [3.63, 3.8) is 0 Å². The SMILES string of the molecule is Cc1cccc(CNc2nc3c(-c4ccc(=O)n(C)c4)c(-c4ccccc4C#N)nc(N)n3n2)n1. The monoisotopic (exact) mass is 463 g/mol. The van der Waals surface area contributed by atoms with E-state index in [1.807, 2.05) is 31.2 Å². The number of fused-ring (bicyclic) bond motifs is 1. The van der Waals surface area contributed by atoms with Crippen molar-refractivity contribution in [2.24, 2.45) is 7.05 Å². The third kappa shape index (κ3) is 4.06. The van der Waals surface area contributed by atoms with Crippen molar-refractivity contribution in [1.29, 1.82) is 5.26 Å². The first kappa shape index (κ1) is 21.8. The number of nitrogens with zero attached hydrogens (tertiary/aromatic N) is 7. The van der Waals surface area contributed by atoms with Crippen LogP contribution in [0.5, 0.6) is 0 Å². The fourth-order valence-electron chi connectivity index (χ4n) is 3.89. The Balaban J connectivity index is 1.71. The minimum absolute atomic E-state index is 0.116. The average molecular weight is 464 g/mol. The van der Waals surface area contributed by atoms with Crippen molar-refractivity contribution < 1.29 is 0 Å². The molecule has 0 radical (unpaired) electrons. The van der Waals surface area contributed by atoms with Crippen LogP contribution in [-0.2, 0) is 13.6 Å². The number of anilines is 2. The molecule has 5 aromatic rings. The van der Waals surface area contributed by atoms with Gasteiger partial charge >= 0.3 is 0 Å². The average Bonchev–Trinajstić information content (AvgIpc) is 3.29. The highest BCUT2D eigenvalue weighted by Gasteiger charge is 2.22. The molecule has 0 bridgehead atoms. The molecule has 0 spiro atoms. The summed E-state index contributed by atoms with van der Waals surface area (Å²) in [7, 11) is 1.67. The zero-order valence-corrected chi connectivity index (χ0v) is 19.1. The molecule has 0 aliphatic carbocycles. The number of benzene rings is 1. The molecule has 0 saturated carbocycles. The Labute approximate surface area is 200 Å². The Hall–Kier alpha value is -5.04. The molecule has 5 rings (SSSR count). The number of hydrogen-bond acceptors (Lipinski definition) is 8. The van der Waals surface area contributed by atoms with Crippen molar-refractivity contribution >= 4 is 17.5 Å². The van der Waals surface area contributed by atoms with Gasteiger partial charge in [0.25, 0.3) is 0 Å². The molecule has 172 valence electrons. The van der Waals surface area contributed by atoms with Crippen LogP contribution < -0.4 is 16.6 Å². The van der Waals surface area contributed by atoms with Crippen LogP contribution in [0.15, 0.2) is 65.6 Å². The van der Waals surface area contributed by atoms with Gasteiger partial charge in [0, 0.05) is 36.1 Å². The fourth-order valence-corrected chi connectivity index (χ4v) is 3.89. The molecule has 4 heterocycles. The first-order chi connectivity index (χ1) is 16.9. The van der Waals surface area contributed by atoms with Crippen molar-refractivity contribution in [3.05, 3.63) is 88.1 Å². The minimum atomic E-state index is -0.151. The third-order valence-electron chi connectivity index (χ3n) is 5.56. The highest BCUT2D eigenvalue weighted by molar-refractivity contribution is 5.92. The minimum Gasteiger partial charge on any atom is -0.368 e. The fraction of sp³-hybridized carbons (Fsp3) is 0.120. The van der Waals surface area contributed by atoms with Gasteiger partial charge in [0.2, 0.25) is 17.5 Å². The summed E-state index contributed by atoms with van der Waals surface area (Å²) in [5.41, 5.74) is 11.2. The van der Waals surface area contributed by atoms with Crippen LogP contribution in [-0.4, -0.2) is 29.1 Å². The summed E-state index contributed by atoms with van der Waals surface area (Å²) >= 11 is 0. The highest BCUT2D eigenvalue weighted by Crippen LogP contribution is 2.36. The van der Waals surface area contributed by atoms with E-state index < -0.39 is 0 Å². The van der Waals surface area contributed by atoms with Gasteiger partial charge in [-0.25, -0.2) is 4.98 Å². The zero-order chi connectivity index (χ0) is 24.5. The van der Waals surface area contributed by atoms with Crippen molar-refractivity contribution in [3.8, 4) is 28.5 Å².